The van der Waals surface area contributed by atoms with Crippen LogP contribution in [0.5, 0.6) is 0 Å². The second-order valence-corrected chi connectivity index (χ2v) is 7.59. The number of carbonyl (C=O) groups excluding carboxylic acids is 3. The Morgan fingerprint density at radius 3 is 2.56 bits per heavy atom. The monoisotopic (exact) mass is 376 g/mol. The zero-order valence-corrected chi connectivity index (χ0v) is 15.7. The molecule has 2 rings (SSSR count). The van der Waals surface area contributed by atoms with E-state index in [1.54, 1.807) is 4.90 Å². The maximum Gasteiger partial charge on any atom is 0.270 e. The summed E-state index contributed by atoms with van der Waals surface area (Å²) < 4.78 is 0. The largest absolute Gasteiger partial charge is 0.341 e. The average Bonchev–Trinajstić information content (AvgIpc) is 2.64. The highest BCUT2D eigenvalue weighted by Crippen LogP contribution is 2.23. The van der Waals surface area contributed by atoms with Gasteiger partial charge in [0.15, 0.2) is 0 Å². The van der Waals surface area contributed by atoms with Gasteiger partial charge in [0.2, 0.25) is 11.8 Å². The van der Waals surface area contributed by atoms with Crippen molar-refractivity contribution in [2.75, 3.05) is 13.1 Å². The predicted octanol–water partition coefficient (Wildman–Crippen LogP) is 1.64. The fraction of sp³-hybridized carbons (Fsp3) is 0.500. The standard InChI is InChI=1S/C18H24N4O5/c1-18(2,3)17(25)21-9-5-7-13(11-21)16(24)20-19-15(23)12-6-4-8-14(10-12)22(26)27/h4,6,8,10,13H,5,7,9,11H2,1-3H3,(H,19,23)(H,20,24). The molecule has 1 aromatic rings. The second kappa shape index (κ2) is 8.15. The molecule has 1 unspecified atom stereocenters. The second-order valence-electron chi connectivity index (χ2n) is 7.59. The third-order valence-corrected chi connectivity index (χ3v) is 4.34. The summed E-state index contributed by atoms with van der Waals surface area (Å²) in [6.07, 6.45) is 1.32. The van der Waals surface area contributed by atoms with Crippen LogP contribution in [0.15, 0.2) is 24.3 Å². The van der Waals surface area contributed by atoms with Crippen LogP contribution in [-0.4, -0.2) is 40.6 Å². The molecule has 1 atom stereocenters. The lowest BCUT2D eigenvalue weighted by Crippen LogP contribution is -2.51. The molecule has 0 saturated carbocycles. The van der Waals surface area contributed by atoms with Crippen LogP contribution in [-0.2, 0) is 9.59 Å². The van der Waals surface area contributed by atoms with Crippen molar-refractivity contribution in [2.45, 2.75) is 33.6 Å². The Labute approximate surface area is 157 Å². The molecule has 0 bridgehead atoms. The highest BCUT2D eigenvalue weighted by Gasteiger charge is 2.33. The van der Waals surface area contributed by atoms with Crippen LogP contribution in [0.3, 0.4) is 0 Å². The van der Waals surface area contributed by atoms with E-state index in [9.17, 15) is 24.5 Å². The van der Waals surface area contributed by atoms with E-state index < -0.39 is 22.2 Å². The Morgan fingerprint density at radius 2 is 1.93 bits per heavy atom. The van der Waals surface area contributed by atoms with Crippen LogP contribution in [0.2, 0.25) is 0 Å². The van der Waals surface area contributed by atoms with Gasteiger partial charge < -0.3 is 4.90 Å². The van der Waals surface area contributed by atoms with E-state index in [-0.39, 0.29) is 23.1 Å². The highest BCUT2D eigenvalue weighted by atomic mass is 16.6. The SMILES string of the molecule is CC(C)(C)C(=O)N1CCCC(C(=O)NNC(=O)c2cccc([N+](=O)[O-])c2)C1. The molecule has 0 aliphatic carbocycles. The number of nitro benzene ring substituents is 1. The molecule has 0 aromatic heterocycles. The van der Waals surface area contributed by atoms with E-state index in [2.05, 4.69) is 10.9 Å². The molecular formula is C18H24N4O5. The first-order valence-corrected chi connectivity index (χ1v) is 8.73. The minimum Gasteiger partial charge on any atom is -0.341 e. The summed E-state index contributed by atoms with van der Waals surface area (Å²) in [6.45, 7) is 6.41. The van der Waals surface area contributed by atoms with Gasteiger partial charge in [0.1, 0.15) is 0 Å². The number of likely N-dealkylation sites (tertiary alicyclic amines) is 1. The summed E-state index contributed by atoms with van der Waals surface area (Å²) in [4.78, 5) is 48.7. The zero-order chi connectivity index (χ0) is 20.2. The molecule has 1 heterocycles. The number of hydrogen-bond donors (Lipinski definition) is 2. The molecule has 0 radical (unpaired) electrons. The topological polar surface area (TPSA) is 122 Å². The summed E-state index contributed by atoms with van der Waals surface area (Å²) in [7, 11) is 0. The molecule has 1 aliphatic rings. The number of non-ortho nitro benzene ring substituents is 1. The number of nitrogens with one attached hydrogen (secondary N) is 2. The minimum atomic E-state index is -0.648. The number of rotatable bonds is 3. The van der Waals surface area contributed by atoms with Crippen molar-refractivity contribution in [3.63, 3.8) is 0 Å². The number of amides is 3. The van der Waals surface area contributed by atoms with Crippen LogP contribution in [0.4, 0.5) is 5.69 Å². The van der Waals surface area contributed by atoms with E-state index in [0.29, 0.717) is 25.9 Å². The smallest absolute Gasteiger partial charge is 0.270 e. The van der Waals surface area contributed by atoms with E-state index in [4.69, 9.17) is 0 Å². The van der Waals surface area contributed by atoms with Gasteiger partial charge in [0.05, 0.1) is 10.8 Å². The Kier molecular flexibility index (Phi) is 6.14. The molecule has 9 nitrogen and oxygen atoms in total. The third kappa shape index (κ3) is 5.25. The summed E-state index contributed by atoms with van der Waals surface area (Å²) in [5, 5.41) is 10.8. The van der Waals surface area contributed by atoms with Crippen molar-refractivity contribution in [2.24, 2.45) is 11.3 Å². The number of nitro groups is 1. The van der Waals surface area contributed by atoms with Gasteiger partial charge in [-0.05, 0) is 18.9 Å². The summed E-state index contributed by atoms with van der Waals surface area (Å²) in [5.74, 6) is -1.47. The minimum absolute atomic E-state index is 0.0133. The van der Waals surface area contributed by atoms with E-state index in [1.165, 1.54) is 18.2 Å². The van der Waals surface area contributed by atoms with Crippen molar-refractivity contribution in [1.82, 2.24) is 15.8 Å². The lowest BCUT2D eigenvalue weighted by atomic mass is 9.91. The molecule has 146 valence electrons. The number of nitrogens with zero attached hydrogens (tertiary/aromatic N) is 2. The van der Waals surface area contributed by atoms with Crippen LogP contribution in [0.25, 0.3) is 0 Å². The normalized spacial score (nSPS) is 17.1. The third-order valence-electron chi connectivity index (χ3n) is 4.34. The molecule has 1 aromatic carbocycles. The molecule has 0 spiro atoms. The van der Waals surface area contributed by atoms with Crippen molar-refractivity contribution < 1.29 is 19.3 Å². The van der Waals surface area contributed by atoms with Gasteiger partial charge in [0.25, 0.3) is 11.6 Å². The number of piperidine rings is 1. The molecule has 3 amide bonds. The molecule has 2 N–H and O–H groups in total. The van der Waals surface area contributed by atoms with E-state index in [0.717, 1.165) is 6.07 Å². The molecule has 1 fully saturated rings. The van der Waals surface area contributed by atoms with Crippen LogP contribution >= 0.6 is 0 Å². The number of hydrazine groups is 1. The Morgan fingerprint density at radius 1 is 1.22 bits per heavy atom. The molecular weight excluding hydrogens is 352 g/mol. The quantitative estimate of drug-likeness (QED) is 0.613. The summed E-state index contributed by atoms with van der Waals surface area (Å²) in [6, 6.07) is 5.22. The summed E-state index contributed by atoms with van der Waals surface area (Å²) >= 11 is 0. The van der Waals surface area contributed by atoms with Gasteiger partial charge in [-0.1, -0.05) is 26.8 Å². The first-order valence-electron chi connectivity index (χ1n) is 8.73. The number of benzene rings is 1. The Hall–Kier alpha value is -2.97. The number of carbonyl (C=O) groups is 3. The lowest BCUT2D eigenvalue weighted by Gasteiger charge is -2.35. The van der Waals surface area contributed by atoms with E-state index >= 15 is 0 Å². The maximum atomic E-state index is 12.4. The van der Waals surface area contributed by atoms with Gasteiger partial charge in [-0.25, -0.2) is 0 Å². The van der Waals surface area contributed by atoms with Crippen LogP contribution in [0, 0.1) is 21.4 Å². The van der Waals surface area contributed by atoms with Gasteiger partial charge in [-0.15, -0.1) is 0 Å². The van der Waals surface area contributed by atoms with Crippen molar-refractivity contribution in [1.29, 1.82) is 0 Å². The van der Waals surface area contributed by atoms with Gasteiger partial charge in [-0.2, -0.15) is 0 Å². The molecule has 9 heteroatoms. The van der Waals surface area contributed by atoms with Gasteiger partial charge in [-0.3, -0.25) is 35.3 Å². The molecule has 27 heavy (non-hydrogen) atoms. The first-order chi connectivity index (χ1) is 12.6. The van der Waals surface area contributed by atoms with Gasteiger partial charge in [0, 0.05) is 36.2 Å². The predicted molar refractivity (Wildman–Crippen MR) is 97.5 cm³/mol. The first kappa shape index (κ1) is 20.3. The average molecular weight is 376 g/mol. The van der Waals surface area contributed by atoms with Crippen molar-refractivity contribution in [3.05, 3.63) is 39.9 Å². The zero-order valence-electron chi connectivity index (χ0n) is 15.7. The number of hydrogen-bond acceptors (Lipinski definition) is 5. The lowest BCUT2D eigenvalue weighted by molar-refractivity contribution is -0.384. The Bertz CT molecular complexity index is 756. The highest BCUT2D eigenvalue weighted by molar-refractivity contribution is 5.96. The van der Waals surface area contributed by atoms with Crippen LogP contribution in [0.1, 0.15) is 44.0 Å². The van der Waals surface area contributed by atoms with Crippen molar-refractivity contribution >= 4 is 23.4 Å². The molecule has 1 saturated heterocycles. The molecule has 1 aliphatic heterocycles. The Balaban J connectivity index is 1.93. The van der Waals surface area contributed by atoms with E-state index in [1.807, 2.05) is 20.8 Å². The van der Waals surface area contributed by atoms with Crippen molar-refractivity contribution in [3.8, 4) is 0 Å². The maximum absolute atomic E-state index is 12.4. The van der Waals surface area contributed by atoms with Gasteiger partial charge >= 0.3 is 0 Å². The fourth-order valence-electron chi connectivity index (χ4n) is 2.90. The summed E-state index contributed by atoms with van der Waals surface area (Å²) in [5.41, 5.74) is 3.96. The fourth-order valence-corrected chi connectivity index (χ4v) is 2.90. The van der Waals surface area contributed by atoms with Crippen LogP contribution < -0.4 is 10.9 Å².